The highest BCUT2D eigenvalue weighted by Gasteiger charge is 2.24. The van der Waals surface area contributed by atoms with Gasteiger partial charge in [0.15, 0.2) is 0 Å². The summed E-state index contributed by atoms with van der Waals surface area (Å²) in [6.07, 6.45) is 1.18. The number of rotatable bonds is 8. The second-order valence-electron chi connectivity index (χ2n) is 4.56. The van der Waals surface area contributed by atoms with Crippen LogP contribution in [0.5, 0.6) is 0 Å². The molecule has 0 bridgehead atoms. The minimum atomic E-state index is -0.987. The molecule has 1 unspecified atom stereocenters. The first-order chi connectivity index (χ1) is 9.54. The first-order valence-corrected chi connectivity index (χ1v) is 6.74. The Kier molecular flexibility index (Phi) is 6.73. The van der Waals surface area contributed by atoms with Crippen LogP contribution < -0.4 is 5.32 Å². The zero-order chi connectivity index (χ0) is 15.0. The second kappa shape index (κ2) is 8.32. The third-order valence-electron chi connectivity index (χ3n) is 2.96. The molecule has 0 spiro atoms. The van der Waals surface area contributed by atoms with E-state index in [1.165, 1.54) is 6.92 Å². The topological polar surface area (TPSA) is 75.6 Å². The number of carbonyl (C=O) groups is 2. The van der Waals surface area contributed by atoms with Gasteiger partial charge in [0.25, 0.3) is 0 Å². The van der Waals surface area contributed by atoms with Crippen molar-refractivity contribution in [1.82, 2.24) is 5.32 Å². The number of carbonyl (C=O) groups excluding carboxylic acids is 1. The Hall–Kier alpha value is -1.88. The molecule has 110 valence electrons. The SMILES string of the molecule is CCOC(=O)C(CCc1ccccc1)N[C@@H](C)C(=O)O. The zero-order valence-corrected chi connectivity index (χ0v) is 11.8. The number of ether oxygens (including phenoxy) is 1. The Bertz CT molecular complexity index is 433. The lowest BCUT2D eigenvalue weighted by molar-refractivity contribution is -0.147. The summed E-state index contributed by atoms with van der Waals surface area (Å²) in [6.45, 7) is 3.52. The van der Waals surface area contributed by atoms with Gasteiger partial charge in [-0.1, -0.05) is 30.3 Å². The van der Waals surface area contributed by atoms with Crippen molar-refractivity contribution in [2.24, 2.45) is 0 Å². The van der Waals surface area contributed by atoms with Crippen LogP contribution in [0.2, 0.25) is 0 Å². The maximum absolute atomic E-state index is 11.8. The highest BCUT2D eigenvalue weighted by molar-refractivity contribution is 5.78. The number of aryl methyl sites for hydroxylation is 1. The largest absolute Gasteiger partial charge is 0.480 e. The molecule has 0 aromatic heterocycles. The molecule has 0 aliphatic carbocycles. The molecule has 0 radical (unpaired) electrons. The lowest BCUT2D eigenvalue weighted by atomic mass is 10.0. The van der Waals surface area contributed by atoms with Crippen LogP contribution in [0.3, 0.4) is 0 Å². The van der Waals surface area contributed by atoms with Crippen LogP contribution in [0, 0.1) is 0 Å². The van der Waals surface area contributed by atoms with Crippen molar-refractivity contribution in [2.75, 3.05) is 6.61 Å². The quantitative estimate of drug-likeness (QED) is 0.707. The maximum Gasteiger partial charge on any atom is 0.323 e. The average Bonchev–Trinajstić information content (AvgIpc) is 2.44. The van der Waals surface area contributed by atoms with Gasteiger partial charge in [0.2, 0.25) is 0 Å². The number of benzene rings is 1. The van der Waals surface area contributed by atoms with Crippen LogP contribution >= 0.6 is 0 Å². The van der Waals surface area contributed by atoms with Crippen molar-refractivity contribution in [3.05, 3.63) is 35.9 Å². The molecule has 0 aliphatic rings. The second-order valence-corrected chi connectivity index (χ2v) is 4.56. The minimum absolute atomic E-state index is 0.282. The summed E-state index contributed by atoms with van der Waals surface area (Å²) >= 11 is 0. The first-order valence-electron chi connectivity index (χ1n) is 6.74. The van der Waals surface area contributed by atoms with Crippen LogP contribution in [-0.2, 0) is 20.7 Å². The van der Waals surface area contributed by atoms with Gasteiger partial charge in [0.05, 0.1) is 6.61 Å². The number of aliphatic carboxylic acids is 1. The van der Waals surface area contributed by atoms with Crippen LogP contribution in [0.15, 0.2) is 30.3 Å². The fraction of sp³-hybridized carbons (Fsp3) is 0.467. The summed E-state index contributed by atoms with van der Waals surface area (Å²) in [4.78, 5) is 22.7. The number of nitrogens with one attached hydrogen (secondary N) is 1. The van der Waals surface area contributed by atoms with Gasteiger partial charge in [0.1, 0.15) is 12.1 Å². The van der Waals surface area contributed by atoms with Gasteiger partial charge < -0.3 is 9.84 Å². The van der Waals surface area contributed by atoms with Gasteiger partial charge in [-0.2, -0.15) is 0 Å². The lowest BCUT2D eigenvalue weighted by Crippen LogP contribution is -2.46. The van der Waals surface area contributed by atoms with Gasteiger partial charge in [-0.25, -0.2) is 0 Å². The van der Waals surface area contributed by atoms with E-state index in [4.69, 9.17) is 9.84 Å². The highest BCUT2D eigenvalue weighted by Crippen LogP contribution is 2.07. The Morgan fingerprint density at radius 2 is 1.95 bits per heavy atom. The fourth-order valence-electron chi connectivity index (χ4n) is 1.84. The van der Waals surface area contributed by atoms with Crippen LogP contribution in [0.4, 0.5) is 0 Å². The zero-order valence-electron chi connectivity index (χ0n) is 11.8. The van der Waals surface area contributed by atoms with E-state index in [-0.39, 0.29) is 6.61 Å². The molecule has 0 saturated carbocycles. The summed E-state index contributed by atoms with van der Waals surface area (Å²) in [5, 5.41) is 11.7. The predicted octanol–water partition coefficient (Wildman–Crippen LogP) is 1.61. The Labute approximate surface area is 118 Å². The molecule has 1 rings (SSSR count). The van der Waals surface area contributed by atoms with E-state index in [1.807, 2.05) is 30.3 Å². The molecule has 0 heterocycles. The third-order valence-corrected chi connectivity index (χ3v) is 2.96. The smallest absolute Gasteiger partial charge is 0.323 e. The predicted molar refractivity (Wildman–Crippen MR) is 75.4 cm³/mol. The molecule has 2 N–H and O–H groups in total. The third kappa shape index (κ3) is 5.40. The van der Waals surface area contributed by atoms with E-state index in [9.17, 15) is 9.59 Å². The molecule has 5 nitrogen and oxygen atoms in total. The monoisotopic (exact) mass is 279 g/mol. The number of hydrogen-bond acceptors (Lipinski definition) is 4. The molecule has 2 atom stereocenters. The Morgan fingerprint density at radius 3 is 2.50 bits per heavy atom. The lowest BCUT2D eigenvalue weighted by Gasteiger charge is -2.19. The van der Waals surface area contributed by atoms with Crippen LogP contribution in [0.25, 0.3) is 0 Å². The molecule has 0 saturated heterocycles. The maximum atomic E-state index is 11.8. The van der Waals surface area contributed by atoms with E-state index in [2.05, 4.69) is 5.32 Å². The molecular formula is C15H21NO4. The van der Waals surface area contributed by atoms with Gasteiger partial charge >= 0.3 is 11.9 Å². The molecular weight excluding hydrogens is 258 g/mol. The summed E-state index contributed by atoms with van der Waals surface area (Å²) in [5.41, 5.74) is 1.10. The number of carboxylic acids is 1. The Morgan fingerprint density at radius 1 is 1.30 bits per heavy atom. The average molecular weight is 279 g/mol. The summed E-state index contributed by atoms with van der Waals surface area (Å²) in [5.74, 6) is -1.39. The van der Waals surface area contributed by atoms with E-state index in [0.717, 1.165) is 5.56 Å². The summed E-state index contributed by atoms with van der Waals surface area (Å²) in [6, 6.07) is 8.34. The highest BCUT2D eigenvalue weighted by atomic mass is 16.5. The number of hydrogen-bond donors (Lipinski definition) is 2. The van der Waals surface area contributed by atoms with Crippen molar-refractivity contribution in [2.45, 2.75) is 38.8 Å². The van der Waals surface area contributed by atoms with Crippen molar-refractivity contribution < 1.29 is 19.4 Å². The van der Waals surface area contributed by atoms with Crippen LogP contribution in [0.1, 0.15) is 25.8 Å². The van der Waals surface area contributed by atoms with Crippen molar-refractivity contribution in [3.8, 4) is 0 Å². The van der Waals surface area contributed by atoms with E-state index < -0.39 is 24.0 Å². The summed E-state index contributed by atoms with van der Waals surface area (Å²) < 4.78 is 4.98. The summed E-state index contributed by atoms with van der Waals surface area (Å²) in [7, 11) is 0. The number of esters is 1. The fourth-order valence-corrected chi connectivity index (χ4v) is 1.84. The Balaban J connectivity index is 2.62. The van der Waals surface area contributed by atoms with Gasteiger partial charge in [0, 0.05) is 0 Å². The molecule has 0 fully saturated rings. The molecule has 5 heteroatoms. The van der Waals surface area contributed by atoms with Crippen molar-refractivity contribution >= 4 is 11.9 Å². The van der Waals surface area contributed by atoms with Crippen molar-refractivity contribution in [1.29, 1.82) is 0 Å². The van der Waals surface area contributed by atoms with E-state index >= 15 is 0 Å². The number of carboxylic acid groups (broad SMARTS) is 1. The normalized spacial score (nSPS) is 13.5. The van der Waals surface area contributed by atoms with E-state index in [1.54, 1.807) is 6.92 Å². The van der Waals surface area contributed by atoms with Crippen LogP contribution in [-0.4, -0.2) is 35.7 Å². The molecule has 20 heavy (non-hydrogen) atoms. The van der Waals surface area contributed by atoms with Gasteiger partial charge in [-0.3, -0.25) is 14.9 Å². The molecule has 1 aromatic rings. The van der Waals surface area contributed by atoms with Gasteiger partial charge in [-0.15, -0.1) is 0 Å². The van der Waals surface area contributed by atoms with Crippen molar-refractivity contribution in [3.63, 3.8) is 0 Å². The minimum Gasteiger partial charge on any atom is -0.480 e. The first kappa shape index (κ1) is 16.2. The van der Waals surface area contributed by atoms with Gasteiger partial charge in [-0.05, 0) is 32.3 Å². The molecule has 0 aliphatic heterocycles. The van der Waals surface area contributed by atoms with E-state index in [0.29, 0.717) is 12.8 Å². The standard InChI is InChI=1S/C15H21NO4/c1-3-20-15(19)13(16-11(2)14(17)18)10-9-12-7-5-4-6-8-12/h4-8,11,13,16H,3,9-10H2,1-2H3,(H,17,18)/t11-,13?/m0/s1. The molecule has 0 amide bonds. The molecule has 1 aromatic carbocycles.